The molecule has 0 amide bonds. The van der Waals surface area contributed by atoms with Crippen LogP contribution in [0.5, 0.6) is 0 Å². The summed E-state index contributed by atoms with van der Waals surface area (Å²) in [6, 6.07) is 17.5. The second-order valence-corrected chi connectivity index (χ2v) is 6.09. The number of nitrogens with one attached hydrogen (secondary N) is 1. The fraction of sp³-hybridized carbons (Fsp3) is 0.190. The number of alkyl halides is 3. The van der Waals surface area contributed by atoms with Gasteiger partial charge in [0, 0.05) is 30.5 Å². The maximum Gasteiger partial charge on any atom is 0.416 e. The zero-order valence-electron chi connectivity index (χ0n) is 14.3. The second kappa shape index (κ2) is 7.70. The number of benzene rings is 2. The summed E-state index contributed by atoms with van der Waals surface area (Å²) in [7, 11) is 0. The number of nitrogens with zero attached hydrogens (tertiary/aromatic N) is 1. The molecule has 5 heteroatoms. The second-order valence-electron chi connectivity index (χ2n) is 6.09. The summed E-state index contributed by atoms with van der Waals surface area (Å²) in [5, 5.41) is 3.11. The molecule has 0 saturated heterocycles. The van der Waals surface area contributed by atoms with Crippen molar-refractivity contribution in [3.63, 3.8) is 0 Å². The molecule has 3 aromatic rings. The van der Waals surface area contributed by atoms with Gasteiger partial charge in [-0.3, -0.25) is 4.98 Å². The van der Waals surface area contributed by atoms with Crippen LogP contribution < -0.4 is 5.32 Å². The van der Waals surface area contributed by atoms with Crippen molar-refractivity contribution in [2.24, 2.45) is 0 Å². The molecule has 2 aromatic carbocycles. The molecule has 0 spiro atoms. The van der Waals surface area contributed by atoms with Crippen molar-refractivity contribution in [1.29, 1.82) is 0 Å². The monoisotopic (exact) mass is 356 g/mol. The van der Waals surface area contributed by atoms with E-state index in [0.717, 1.165) is 28.5 Å². The highest BCUT2D eigenvalue weighted by atomic mass is 19.4. The summed E-state index contributed by atoms with van der Waals surface area (Å²) in [5.74, 6) is 0. The Morgan fingerprint density at radius 3 is 2.23 bits per heavy atom. The first-order chi connectivity index (χ1) is 12.4. The van der Waals surface area contributed by atoms with Crippen molar-refractivity contribution in [3.05, 3.63) is 89.2 Å². The average molecular weight is 356 g/mol. The molecule has 26 heavy (non-hydrogen) atoms. The van der Waals surface area contributed by atoms with Gasteiger partial charge >= 0.3 is 6.18 Å². The Morgan fingerprint density at radius 1 is 0.846 bits per heavy atom. The van der Waals surface area contributed by atoms with Crippen molar-refractivity contribution in [3.8, 4) is 11.1 Å². The van der Waals surface area contributed by atoms with Gasteiger partial charge in [-0.2, -0.15) is 13.2 Å². The lowest BCUT2D eigenvalue weighted by molar-refractivity contribution is -0.138. The number of pyridine rings is 1. The molecule has 0 saturated carbocycles. The maximum atomic E-state index is 13.1. The minimum Gasteiger partial charge on any atom is -0.309 e. The molecule has 0 radical (unpaired) electrons. The Hall–Kier alpha value is -2.66. The summed E-state index contributed by atoms with van der Waals surface area (Å²) in [6.45, 7) is 2.49. The van der Waals surface area contributed by atoms with E-state index in [1.807, 2.05) is 49.5 Å². The van der Waals surface area contributed by atoms with E-state index >= 15 is 0 Å². The molecule has 134 valence electrons. The Bertz CT molecular complexity index is 874. The summed E-state index contributed by atoms with van der Waals surface area (Å²) in [5.41, 5.74) is 3.52. The molecular formula is C21H19F3N2. The van der Waals surface area contributed by atoms with Crippen LogP contribution in [-0.4, -0.2) is 4.98 Å². The standard InChI is InChI=1S/C21H19F3N2/c1-15-18(11-19(14-26-15)16-7-3-2-4-8-16)13-25-12-17-9-5-6-10-20(17)21(22,23)24/h2-11,14,25H,12-13H2,1H3. The van der Waals surface area contributed by atoms with E-state index in [4.69, 9.17) is 0 Å². The molecule has 0 aliphatic carbocycles. The van der Waals surface area contributed by atoms with Crippen LogP contribution in [0.25, 0.3) is 11.1 Å². The summed E-state index contributed by atoms with van der Waals surface area (Å²) < 4.78 is 39.2. The Kier molecular flexibility index (Phi) is 5.38. The van der Waals surface area contributed by atoms with E-state index in [1.165, 1.54) is 12.1 Å². The number of hydrogen-bond donors (Lipinski definition) is 1. The van der Waals surface area contributed by atoms with Crippen LogP contribution in [0.2, 0.25) is 0 Å². The van der Waals surface area contributed by atoms with Crippen LogP contribution in [-0.2, 0) is 19.3 Å². The minimum atomic E-state index is -4.34. The maximum absolute atomic E-state index is 13.1. The van der Waals surface area contributed by atoms with Crippen molar-refractivity contribution < 1.29 is 13.2 Å². The van der Waals surface area contributed by atoms with Crippen LogP contribution in [0.4, 0.5) is 13.2 Å². The fourth-order valence-corrected chi connectivity index (χ4v) is 2.83. The molecule has 0 aliphatic heterocycles. The van der Waals surface area contributed by atoms with E-state index in [0.29, 0.717) is 6.54 Å². The van der Waals surface area contributed by atoms with Crippen LogP contribution >= 0.6 is 0 Å². The van der Waals surface area contributed by atoms with Gasteiger partial charge in [-0.05, 0) is 35.7 Å². The first-order valence-electron chi connectivity index (χ1n) is 8.32. The van der Waals surface area contributed by atoms with Gasteiger partial charge in [-0.1, -0.05) is 48.5 Å². The third-order valence-electron chi connectivity index (χ3n) is 4.25. The number of aromatic nitrogens is 1. The fourth-order valence-electron chi connectivity index (χ4n) is 2.83. The minimum absolute atomic E-state index is 0.144. The number of aryl methyl sites for hydroxylation is 1. The van der Waals surface area contributed by atoms with Gasteiger partial charge in [-0.25, -0.2) is 0 Å². The summed E-state index contributed by atoms with van der Waals surface area (Å²) in [4.78, 5) is 4.42. The van der Waals surface area contributed by atoms with Crippen molar-refractivity contribution in [2.75, 3.05) is 0 Å². The topological polar surface area (TPSA) is 24.9 Å². The van der Waals surface area contributed by atoms with Gasteiger partial charge in [0.15, 0.2) is 0 Å². The highest BCUT2D eigenvalue weighted by molar-refractivity contribution is 5.63. The summed E-state index contributed by atoms with van der Waals surface area (Å²) >= 11 is 0. The van der Waals surface area contributed by atoms with Crippen LogP contribution in [0, 0.1) is 6.92 Å². The largest absolute Gasteiger partial charge is 0.416 e. The van der Waals surface area contributed by atoms with E-state index in [9.17, 15) is 13.2 Å². The SMILES string of the molecule is Cc1ncc(-c2ccccc2)cc1CNCc1ccccc1C(F)(F)F. The molecule has 0 unspecified atom stereocenters. The third-order valence-corrected chi connectivity index (χ3v) is 4.25. The lowest BCUT2D eigenvalue weighted by Crippen LogP contribution is -2.18. The third kappa shape index (κ3) is 4.29. The molecule has 1 heterocycles. The van der Waals surface area contributed by atoms with Crippen molar-refractivity contribution in [2.45, 2.75) is 26.2 Å². The lowest BCUT2D eigenvalue weighted by atomic mass is 10.0. The number of hydrogen-bond acceptors (Lipinski definition) is 2. The van der Waals surface area contributed by atoms with Gasteiger partial charge in [0.05, 0.1) is 5.56 Å². The molecule has 2 nitrogen and oxygen atoms in total. The lowest BCUT2D eigenvalue weighted by Gasteiger charge is -2.14. The Labute approximate surface area is 150 Å². The quantitative estimate of drug-likeness (QED) is 0.665. The van der Waals surface area contributed by atoms with E-state index < -0.39 is 11.7 Å². The first-order valence-corrected chi connectivity index (χ1v) is 8.32. The smallest absolute Gasteiger partial charge is 0.309 e. The van der Waals surface area contributed by atoms with Crippen molar-refractivity contribution >= 4 is 0 Å². The first kappa shape index (κ1) is 18.1. The van der Waals surface area contributed by atoms with E-state index in [1.54, 1.807) is 6.07 Å². The van der Waals surface area contributed by atoms with Gasteiger partial charge in [0.25, 0.3) is 0 Å². The summed E-state index contributed by atoms with van der Waals surface area (Å²) in [6.07, 6.45) is -2.53. The van der Waals surface area contributed by atoms with Gasteiger partial charge in [-0.15, -0.1) is 0 Å². The molecule has 0 atom stereocenters. The molecule has 3 rings (SSSR count). The number of rotatable bonds is 5. The van der Waals surface area contributed by atoms with E-state index in [-0.39, 0.29) is 12.1 Å². The van der Waals surface area contributed by atoms with Crippen LogP contribution in [0.15, 0.2) is 66.9 Å². The zero-order chi connectivity index (χ0) is 18.6. The molecule has 1 N–H and O–H groups in total. The number of halogens is 3. The highest BCUT2D eigenvalue weighted by Gasteiger charge is 2.32. The van der Waals surface area contributed by atoms with Crippen molar-refractivity contribution in [1.82, 2.24) is 10.3 Å². The Balaban J connectivity index is 1.73. The Morgan fingerprint density at radius 2 is 1.50 bits per heavy atom. The molecule has 0 fully saturated rings. The highest BCUT2D eigenvalue weighted by Crippen LogP contribution is 2.31. The molecule has 0 aliphatic rings. The van der Waals surface area contributed by atoms with E-state index in [2.05, 4.69) is 10.3 Å². The van der Waals surface area contributed by atoms with Crippen LogP contribution in [0.1, 0.15) is 22.4 Å². The van der Waals surface area contributed by atoms with Gasteiger partial charge < -0.3 is 5.32 Å². The average Bonchev–Trinajstić information content (AvgIpc) is 2.63. The zero-order valence-corrected chi connectivity index (χ0v) is 14.3. The van der Waals surface area contributed by atoms with Crippen LogP contribution in [0.3, 0.4) is 0 Å². The normalized spacial score (nSPS) is 11.5. The molecule has 1 aromatic heterocycles. The predicted octanol–water partition coefficient (Wildman–Crippen LogP) is 5.37. The van der Waals surface area contributed by atoms with Gasteiger partial charge in [0.1, 0.15) is 0 Å². The molecule has 0 bridgehead atoms. The van der Waals surface area contributed by atoms with Gasteiger partial charge in [0.2, 0.25) is 0 Å². The molecular weight excluding hydrogens is 337 g/mol. The predicted molar refractivity (Wildman–Crippen MR) is 96.4 cm³/mol.